The van der Waals surface area contributed by atoms with Gasteiger partial charge in [-0.3, -0.25) is 19.7 Å². The maximum Gasteiger partial charge on any atom is 0.272 e. The molecule has 1 aliphatic rings. The van der Waals surface area contributed by atoms with Gasteiger partial charge in [-0.25, -0.2) is 4.98 Å². The van der Waals surface area contributed by atoms with E-state index < -0.39 is 11.0 Å². The molecule has 31 heavy (non-hydrogen) atoms. The lowest BCUT2D eigenvalue weighted by Gasteiger charge is -2.24. The number of imidazole rings is 1. The van der Waals surface area contributed by atoms with Crippen molar-refractivity contribution < 1.29 is 14.5 Å². The van der Waals surface area contributed by atoms with Crippen molar-refractivity contribution in [2.24, 2.45) is 7.05 Å². The minimum absolute atomic E-state index is 0.0327. The Balaban J connectivity index is 1.46. The van der Waals surface area contributed by atoms with Gasteiger partial charge in [-0.1, -0.05) is 12.1 Å². The van der Waals surface area contributed by atoms with Crippen LogP contribution in [0.5, 0.6) is 0 Å². The Morgan fingerprint density at radius 2 is 2.03 bits per heavy atom. The average molecular weight is 421 g/mol. The van der Waals surface area contributed by atoms with Crippen molar-refractivity contribution in [1.82, 2.24) is 19.8 Å². The molecule has 2 heterocycles. The van der Waals surface area contributed by atoms with Gasteiger partial charge >= 0.3 is 0 Å². The Kier molecular flexibility index (Phi) is 5.41. The van der Waals surface area contributed by atoms with E-state index in [1.54, 1.807) is 11.8 Å². The fourth-order valence-electron chi connectivity index (χ4n) is 4.08. The predicted molar refractivity (Wildman–Crippen MR) is 114 cm³/mol. The number of carbonyl (C=O) groups excluding carboxylic acids is 2. The van der Waals surface area contributed by atoms with E-state index in [1.165, 1.54) is 18.2 Å². The number of para-hydroxylation sites is 2. The summed E-state index contributed by atoms with van der Waals surface area (Å²) in [6.45, 7) is 2.33. The molecular formula is C22H23N5O4. The van der Waals surface area contributed by atoms with Crippen molar-refractivity contribution >= 4 is 28.5 Å². The van der Waals surface area contributed by atoms with Crippen LogP contribution in [0.4, 0.5) is 5.69 Å². The number of rotatable bonds is 5. The summed E-state index contributed by atoms with van der Waals surface area (Å²) in [5.41, 5.74) is 2.57. The van der Waals surface area contributed by atoms with Gasteiger partial charge in [-0.2, -0.15) is 0 Å². The fourth-order valence-corrected chi connectivity index (χ4v) is 4.08. The maximum absolute atomic E-state index is 13.0. The number of nitro benzene ring substituents is 1. The van der Waals surface area contributed by atoms with Crippen molar-refractivity contribution in [3.05, 3.63) is 69.5 Å². The largest absolute Gasteiger partial charge is 0.347 e. The van der Waals surface area contributed by atoms with Gasteiger partial charge in [0, 0.05) is 30.8 Å². The Morgan fingerprint density at radius 3 is 2.74 bits per heavy atom. The second-order valence-corrected chi connectivity index (χ2v) is 7.71. The molecule has 1 atom stereocenters. The Bertz CT molecular complexity index is 1190. The molecule has 0 bridgehead atoms. The highest BCUT2D eigenvalue weighted by molar-refractivity contribution is 5.98. The molecule has 1 aromatic heterocycles. The number of carbonyl (C=O) groups is 2. The standard InChI is InChI=1S/C22H23N5O4/c1-14-12-15(9-10-17(14)27(30)31)22(29)26-11-5-8-19(26)21(28)23-13-20-24-16-6-3-4-7-18(16)25(20)2/h3-4,6-7,9-10,12,19H,5,8,11,13H2,1-2H3,(H,23,28). The number of aromatic nitrogens is 2. The van der Waals surface area contributed by atoms with Crippen LogP contribution < -0.4 is 5.32 Å². The maximum atomic E-state index is 13.0. The molecule has 9 heteroatoms. The van der Waals surface area contributed by atoms with Crippen LogP contribution in [-0.2, 0) is 18.4 Å². The van der Waals surface area contributed by atoms with Crippen molar-refractivity contribution in [3.63, 3.8) is 0 Å². The summed E-state index contributed by atoms with van der Waals surface area (Å²) < 4.78 is 1.94. The van der Waals surface area contributed by atoms with Crippen molar-refractivity contribution in [2.45, 2.75) is 32.4 Å². The first-order valence-electron chi connectivity index (χ1n) is 10.1. The van der Waals surface area contributed by atoms with Crippen molar-refractivity contribution in [2.75, 3.05) is 6.54 Å². The monoisotopic (exact) mass is 421 g/mol. The second kappa shape index (κ2) is 8.17. The number of aryl methyl sites for hydroxylation is 2. The van der Waals surface area contributed by atoms with Gasteiger partial charge < -0.3 is 14.8 Å². The SMILES string of the molecule is Cc1cc(C(=O)N2CCCC2C(=O)NCc2nc3ccccc3n2C)ccc1[N+](=O)[O-]. The first kappa shape index (κ1) is 20.5. The van der Waals surface area contributed by atoms with Crippen LogP contribution in [0.1, 0.15) is 34.6 Å². The Hall–Kier alpha value is -3.75. The number of benzene rings is 2. The van der Waals surface area contributed by atoms with Crippen LogP contribution in [0, 0.1) is 17.0 Å². The number of nitrogens with zero attached hydrogens (tertiary/aromatic N) is 4. The number of nitrogens with one attached hydrogen (secondary N) is 1. The molecule has 4 rings (SSSR count). The van der Waals surface area contributed by atoms with Gasteiger partial charge in [-0.15, -0.1) is 0 Å². The van der Waals surface area contributed by atoms with E-state index in [0.29, 0.717) is 24.1 Å². The van der Waals surface area contributed by atoms with E-state index in [9.17, 15) is 19.7 Å². The van der Waals surface area contributed by atoms with E-state index in [1.807, 2.05) is 35.9 Å². The molecule has 1 aliphatic heterocycles. The molecule has 0 spiro atoms. The molecule has 9 nitrogen and oxygen atoms in total. The van der Waals surface area contributed by atoms with Crippen LogP contribution >= 0.6 is 0 Å². The van der Waals surface area contributed by atoms with Gasteiger partial charge in [0.1, 0.15) is 11.9 Å². The zero-order valence-corrected chi connectivity index (χ0v) is 17.4. The third-order valence-corrected chi connectivity index (χ3v) is 5.76. The van der Waals surface area contributed by atoms with Crippen LogP contribution in [0.25, 0.3) is 11.0 Å². The highest BCUT2D eigenvalue weighted by Gasteiger charge is 2.34. The summed E-state index contributed by atoms with van der Waals surface area (Å²) >= 11 is 0. The molecule has 0 saturated carbocycles. The van der Waals surface area contributed by atoms with E-state index >= 15 is 0 Å². The fraction of sp³-hybridized carbons (Fsp3) is 0.318. The molecule has 1 N–H and O–H groups in total. The third-order valence-electron chi connectivity index (χ3n) is 5.76. The highest BCUT2D eigenvalue weighted by Crippen LogP contribution is 2.24. The van der Waals surface area contributed by atoms with E-state index in [2.05, 4.69) is 10.3 Å². The number of amides is 2. The average Bonchev–Trinajstić information content (AvgIpc) is 3.36. The lowest BCUT2D eigenvalue weighted by molar-refractivity contribution is -0.385. The third kappa shape index (κ3) is 3.86. The minimum Gasteiger partial charge on any atom is -0.347 e. The second-order valence-electron chi connectivity index (χ2n) is 7.71. The predicted octanol–water partition coefficient (Wildman–Crippen LogP) is 2.71. The summed E-state index contributed by atoms with van der Waals surface area (Å²) in [6.07, 6.45) is 1.30. The number of nitro groups is 1. The molecule has 2 aromatic carbocycles. The minimum atomic E-state index is -0.572. The smallest absolute Gasteiger partial charge is 0.272 e. The van der Waals surface area contributed by atoms with Crippen LogP contribution in [0.2, 0.25) is 0 Å². The molecular weight excluding hydrogens is 398 g/mol. The van der Waals surface area contributed by atoms with Crippen LogP contribution in [0.3, 0.4) is 0 Å². The van der Waals surface area contributed by atoms with E-state index in [4.69, 9.17) is 0 Å². The zero-order valence-electron chi connectivity index (χ0n) is 17.4. The van der Waals surface area contributed by atoms with Crippen LogP contribution in [0.15, 0.2) is 42.5 Å². The van der Waals surface area contributed by atoms with E-state index in [0.717, 1.165) is 23.3 Å². The molecule has 1 saturated heterocycles. The van der Waals surface area contributed by atoms with Gasteiger partial charge in [0.05, 0.1) is 22.5 Å². The zero-order chi connectivity index (χ0) is 22.1. The normalized spacial score (nSPS) is 15.9. The van der Waals surface area contributed by atoms with Crippen LogP contribution in [-0.4, -0.2) is 43.8 Å². The molecule has 3 aromatic rings. The van der Waals surface area contributed by atoms with E-state index in [-0.39, 0.29) is 24.0 Å². The van der Waals surface area contributed by atoms with Crippen molar-refractivity contribution in [3.8, 4) is 0 Å². The number of fused-ring (bicyclic) bond motifs is 1. The first-order chi connectivity index (χ1) is 14.9. The lowest BCUT2D eigenvalue weighted by atomic mass is 10.1. The topological polar surface area (TPSA) is 110 Å². The summed E-state index contributed by atoms with van der Waals surface area (Å²) in [4.78, 5) is 42.5. The first-order valence-corrected chi connectivity index (χ1v) is 10.1. The Morgan fingerprint density at radius 1 is 1.26 bits per heavy atom. The van der Waals surface area contributed by atoms with Gasteiger partial charge in [0.15, 0.2) is 0 Å². The van der Waals surface area contributed by atoms with Gasteiger partial charge in [-0.05, 0) is 44.0 Å². The number of likely N-dealkylation sites (tertiary alicyclic amines) is 1. The summed E-state index contributed by atoms with van der Waals surface area (Å²) in [7, 11) is 1.90. The molecule has 2 amide bonds. The highest BCUT2D eigenvalue weighted by atomic mass is 16.6. The number of hydrogen-bond donors (Lipinski definition) is 1. The summed E-state index contributed by atoms with van der Waals surface area (Å²) in [6, 6.07) is 11.5. The molecule has 0 aliphatic carbocycles. The molecule has 160 valence electrons. The van der Waals surface area contributed by atoms with Crippen molar-refractivity contribution in [1.29, 1.82) is 0 Å². The molecule has 0 radical (unpaired) electrons. The van der Waals surface area contributed by atoms with Gasteiger partial charge in [0.2, 0.25) is 5.91 Å². The molecule has 1 unspecified atom stereocenters. The lowest BCUT2D eigenvalue weighted by Crippen LogP contribution is -2.45. The molecule has 1 fully saturated rings. The number of hydrogen-bond acceptors (Lipinski definition) is 5. The Labute approximate surface area is 178 Å². The summed E-state index contributed by atoms with van der Waals surface area (Å²) in [5.74, 6) is 0.214. The quantitative estimate of drug-likeness (QED) is 0.503. The van der Waals surface area contributed by atoms with Gasteiger partial charge in [0.25, 0.3) is 11.6 Å². The summed E-state index contributed by atoms with van der Waals surface area (Å²) in [5, 5.41) is 13.9.